The second-order valence-electron chi connectivity index (χ2n) is 7.08. The van der Waals surface area contributed by atoms with Crippen molar-refractivity contribution in [2.45, 2.75) is 24.4 Å². The van der Waals surface area contributed by atoms with E-state index in [4.69, 9.17) is 4.74 Å². The summed E-state index contributed by atoms with van der Waals surface area (Å²) in [6.07, 6.45) is 2.33. The van der Waals surface area contributed by atoms with Crippen LogP contribution in [0.1, 0.15) is 46.1 Å². The monoisotopic (exact) mass is 377 g/mol. The number of para-hydroxylation sites is 1. The number of ether oxygens (including phenoxy) is 1. The SMILES string of the molecule is COC(CNC(=O)c1ccccc1O)(c1ccccc1)c1cc(C2CC2)[nH]n1. The van der Waals surface area contributed by atoms with Gasteiger partial charge in [0.1, 0.15) is 11.4 Å². The molecule has 1 aliphatic rings. The third kappa shape index (κ3) is 3.39. The fourth-order valence-electron chi connectivity index (χ4n) is 3.46. The Labute approximate surface area is 163 Å². The molecule has 0 saturated heterocycles. The summed E-state index contributed by atoms with van der Waals surface area (Å²) in [5.41, 5.74) is 2.00. The molecular formula is C22H23N3O3. The van der Waals surface area contributed by atoms with E-state index >= 15 is 0 Å². The molecular weight excluding hydrogens is 354 g/mol. The Bertz CT molecular complexity index is 966. The Morgan fingerprint density at radius 1 is 1.21 bits per heavy atom. The summed E-state index contributed by atoms with van der Waals surface area (Å²) in [6.45, 7) is 0.176. The number of phenols is 1. The molecule has 0 radical (unpaired) electrons. The van der Waals surface area contributed by atoms with Crippen molar-refractivity contribution in [3.8, 4) is 5.75 Å². The minimum Gasteiger partial charge on any atom is -0.507 e. The van der Waals surface area contributed by atoms with Crippen molar-refractivity contribution in [3.63, 3.8) is 0 Å². The number of nitrogens with zero attached hydrogens (tertiary/aromatic N) is 1. The fourth-order valence-corrected chi connectivity index (χ4v) is 3.46. The van der Waals surface area contributed by atoms with Crippen molar-refractivity contribution in [2.24, 2.45) is 0 Å². The maximum atomic E-state index is 12.7. The summed E-state index contributed by atoms with van der Waals surface area (Å²) in [5.74, 6) is 0.106. The maximum absolute atomic E-state index is 12.7. The van der Waals surface area contributed by atoms with Crippen LogP contribution in [0, 0.1) is 0 Å². The molecule has 1 amide bonds. The van der Waals surface area contributed by atoms with Crippen molar-refractivity contribution in [3.05, 3.63) is 83.2 Å². The van der Waals surface area contributed by atoms with Gasteiger partial charge in [0.15, 0.2) is 5.60 Å². The molecule has 1 unspecified atom stereocenters. The molecule has 1 heterocycles. The highest BCUT2D eigenvalue weighted by Gasteiger charge is 2.39. The van der Waals surface area contributed by atoms with Crippen LogP contribution >= 0.6 is 0 Å². The molecule has 0 spiro atoms. The molecule has 6 heteroatoms. The molecule has 1 saturated carbocycles. The normalized spacial score (nSPS) is 15.8. The van der Waals surface area contributed by atoms with Crippen LogP contribution in [0.2, 0.25) is 0 Å². The molecule has 0 aliphatic heterocycles. The largest absolute Gasteiger partial charge is 0.507 e. The van der Waals surface area contributed by atoms with Gasteiger partial charge in [-0.15, -0.1) is 0 Å². The zero-order valence-electron chi connectivity index (χ0n) is 15.7. The number of methoxy groups -OCH3 is 1. The van der Waals surface area contributed by atoms with Crippen LogP contribution in [0.15, 0.2) is 60.7 Å². The molecule has 3 N–H and O–H groups in total. The van der Waals surface area contributed by atoms with E-state index in [0.717, 1.165) is 29.8 Å². The number of aromatic amines is 1. The first-order valence-electron chi connectivity index (χ1n) is 9.36. The summed E-state index contributed by atoms with van der Waals surface area (Å²) in [6, 6.07) is 18.2. The Kier molecular flexibility index (Phi) is 4.88. The number of carbonyl (C=O) groups is 1. The summed E-state index contributed by atoms with van der Waals surface area (Å²) in [5, 5.41) is 20.5. The van der Waals surface area contributed by atoms with Gasteiger partial charge in [-0.25, -0.2) is 0 Å². The van der Waals surface area contributed by atoms with E-state index in [1.54, 1.807) is 25.3 Å². The van der Waals surface area contributed by atoms with Gasteiger partial charge in [-0.2, -0.15) is 5.10 Å². The van der Waals surface area contributed by atoms with E-state index in [1.807, 2.05) is 36.4 Å². The standard InChI is InChI=1S/C22H23N3O3/c1-28-22(16-7-3-2-4-8-16,20-13-18(24-25-20)15-11-12-15)14-23-21(27)17-9-5-6-10-19(17)26/h2-10,13,15,26H,11-12,14H2,1H3,(H,23,27)(H,24,25). The molecule has 6 nitrogen and oxygen atoms in total. The van der Waals surface area contributed by atoms with Gasteiger partial charge < -0.3 is 15.2 Å². The number of nitrogens with one attached hydrogen (secondary N) is 2. The highest BCUT2D eigenvalue weighted by molar-refractivity contribution is 5.96. The second-order valence-corrected chi connectivity index (χ2v) is 7.08. The molecule has 2 aromatic carbocycles. The predicted octanol–water partition coefficient (Wildman–Crippen LogP) is 3.31. The van der Waals surface area contributed by atoms with E-state index in [9.17, 15) is 9.90 Å². The lowest BCUT2D eigenvalue weighted by molar-refractivity contribution is 0.0186. The highest BCUT2D eigenvalue weighted by atomic mass is 16.5. The minimum absolute atomic E-state index is 0.0569. The number of benzene rings is 2. The van der Waals surface area contributed by atoms with Crippen molar-refractivity contribution < 1.29 is 14.6 Å². The Morgan fingerprint density at radius 3 is 2.61 bits per heavy atom. The highest BCUT2D eigenvalue weighted by Crippen LogP contribution is 2.41. The van der Waals surface area contributed by atoms with Gasteiger partial charge in [0.25, 0.3) is 5.91 Å². The van der Waals surface area contributed by atoms with Crippen molar-refractivity contribution in [2.75, 3.05) is 13.7 Å². The molecule has 3 aromatic rings. The van der Waals surface area contributed by atoms with Crippen molar-refractivity contribution >= 4 is 5.91 Å². The van der Waals surface area contributed by atoms with Crippen LogP contribution in [-0.2, 0) is 10.3 Å². The number of aromatic nitrogens is 2. The zero-order valence-corrected chi connectivity index (χ0v) is 15.7. The number of rotatable bonds is 7. The molecule has 1 aromatic heterocycles. The van der Waals surface area contributed by atoms with Gasteiger partial charge in [-0.3, -0.25) is 9.89 Å². The van der Waals surface area contributed by atoms with Crippen LogP contribution in [0.3, 0.4) is 0 Å². The van der Waals surface area contributed by atoms with Gasteiger partial charge in [-0.05, 0) is 36.6 Å². The average Bonchev–Trinajstić information content (AvgIpc) is 3.47. The summed E-state index contributed by atoms with van der Waals surface area (Å²) < 4.78 is 5.98. The molecule has 4 rings (SSSR count). The van der Waals surface area contributed by atoms with Crippen LogP contribution in [0.4, 0.5) is 0 Å². The van der Waals surface area contributed by atoms with E-state index in [0.29, 0.717) is 5.92 Å². The third-order valence-corrected chi connectivity index (χ3v) is 5.26. The molecule has 1 atom stereocenters. The van der Waals surface area contributed by atoms with E-state index in [1.165, 1.54) is 6.07 Å². The Morgan fingerprint density at radius 2 is 1.93 bits per heavy atom. The van der Waals surface area contributed by atoms with Crippen molar-refractivity contribution in [1.82, 2.24) is 15.5 Å². The predicted molar refractivity (Wildman–Crippen MR) is 105 cm³/mol. The number of aromatic hydroxyl groups is 1. The van der Waals surface area contributed by atoms with Crippen molar-refractivity contribution in [1.29, 1.82) is 0 Å². The average molecular weight is 377 g/mol. The summed E-state index contributed by atoms with van der Waals surface area (Å²) >= 11 is 0. The lowest BCUT2D eigenvalue weighted by Gasteiger charge is -2.31. The van der Waals surface area contributed by atoms with Crippen LogP contribution in [0.25, 0.3) is 0 Å². The molecule has 1 fully saturated rings. The number of H-pyrrole nitrogens is 1. The minimum atomic E-state index is -0.940. The van der Waals surface area contributed by atoms with Gasteiger partial charge in [0.2, 0.25) is 0 Å². The van der Waals surface area contributed by atoms with Gasteiger partial charge in [-0.1, -0.05) is 42.5 Å². The fraction of sp³-hybridized carbons (Fsp3) is 0.273. The number of carbonyl (C=O) groups excluding carboxylic acids is 1. The molecule has 28 heavy (non-hydrogen) atoms. The van der Waals surface area contributed by atoms with Crippen LogP contribution in [-0.4, -0.2) is 34.9 Å². The van der Waals surface area contributed by atoms with Gasteiger partial charge in [0, 0.05) is 18.7 Å². The number of hydrogen-bond acceptors (Lipinski definition) is 4. The Balaban J connectivity index is 1.66. The number of hydrogen-bond donors (Lipinski definition) is 3. The van der Waals surface area contributed by atoms with E-state index < -0.39 is 5.60 Å². The molecule has 0 bridgehead atoms. The summed E-state index contributed by atoms with van der Waals surface area (Å²) in [7, 11) is 1.62. The smallest absolute Gasteiger partial charge is 0.255 e. The topological polar surface area (TPSA) is 87.2 Å². The first-order chi connectivity index (χ1) is 13.6. The van der Waals surface area contributed by atoms with Gasteiger partial charge >= 0.3 is 0 Å². The van der Waals surface area contributed by atoms with Crippen LogP contribution in [0.5, 0.6) is 5.75 Å². The molecule has 144 valence electrons. The number of phenolic OH excluding ortho intramolecular Hbond substituents is 1. The third-order valence-electron chi connectivity index (χ3n) is 5.26. The zero-order chi connectivity index (χ0) is 19.6. The Hall–Kier alpha value is -3.12. The van der Waals surface area contributed by atoms with Gasteiger partial charge in [0.05, 0.1) is 12.1 Å². The lowest BCUT2D eigenvalue weighted by atomic mass is 9.89. The van der Waals surface area contributed by atoms with Crippen LogP contribution < -0.4 is 5.32 Å². The quantitative estimate of drug-likeness (QED) is 0.589. The summed E-state index contributed by atoms with van der Waals surface area (Å²) in [4.78, 5) is 12.7. The van der Waals surface area contributed by atoms with E-state index in [-0.39, 0.29) is 23.8 Å². The second kappa shape index (κ2) is 7.48. The maximum Gasteiger partial charge on any atom is 0.255 e. The first kappa shape index (κ1) is 18.3. The van der Waals surface area contributed by atoms with E-state index in [2.05, 4.69) is 15.5 Å². The lowest BCUT2D eigenvalue weighted by Crippen LogP contribution is -2.43. The number of amides is 1. The molecule has 1 aliphatic carbocycles. The first-order valence-corrected chi connectivity index (χ1v) is 9.36.